The highest BCUT2D eigenvalue weighted by atomic mass is 16.7. The van der Waals surface area contributed by atoms with Crippen molar-refractivity contribution in [2.45, 2.75) is 314 Å². The van der Waals surface area contributed by atoms with Gasteiger partial charge in [-0.3, -0.25) is 4.79 Å². The average Bonchev–Trinajstić information content (AvgIpc) is 3.35. The minimum atomic E-state index is -1.58. The molecule has 9 nitrogen and oxygen atoms in total. The van der Waals surface area contributed by atoms with Crippen molar-refractivity contribution in [1.82, 2.24) is 5.32 Å². The minimum absolute atomic E-state index is 0.200. The van der Waals surface area contributed by atoms with Crippen molar-refractivity contribution >= 4 is 5.91 Å². The number of nitrogens with one attached hydrogen (secondary N) is 1. The molecule has 9 heteroatoms. The van der Waals surface area contributed by atoms with Crippen molar-refractivity contribution in [2.24, 2.45) is 0 Å². The summed E-state index contributed by atoms with van der Waals surface area (Å²) in [5, 5.41) is 54.4. The van der Waals surface area contributed by atoms with E-state index < -0.39 is 49.5 Å². The number of aliphatic hydroxyl groups excluding tert-OH is 5. The Morgan fingerprint density at radius 2 is 0.870 bits per heavy atom. The molecule has 0 radical (unpaired) electrons. The lowest BCUT2D eigenvalue weighted by molar-refractivity contribution is -0.302. The van der Waals surface area contributed by atoms with Gasteiger partial charge in [0.2, 0.25) is 5.91 Å². The molecule has 1 aliphatic rings. The largest absolute Gasteiger partial charge is 0.394 e. The molecule has 1 rings (SSSR count). The monoisotopic (exact) mass is 974 g/mol. The zero-order chi connectivity index (χ0) is 50.1. The zero-order valence-electron chi connectivity index (χ0n) is 44.8. The van der Waals surface area contributed by atoms with Crippen molar-refractivity contribution in [2.75, 3.05) is 13.2 Å². The summed E-state index contributed by atoms with van der Waals surface area (Å²) in [4.78, 5) is 13.0. The van der Waals surface area contributed by atoms with Gasteiger partial charge in [-0.25, -0.2) is 0 Å². The first kappa shape index (κ1) is 65.2. The standard InChI is InChI=1S/C60H111NO8/c1-3-5-7-9-11-13-15-17-19-20-21-22-23-24-25-26-27-28-29-30-31-32-33-34-36-37-39-41-43-45-47-49-54(63)53(52-68-60-59(67)58(66)57(65)55(51-62)69-60)61-56(64)50-48-46-44-42-40-38-35-18-16-14-12-10-8-6-4-2/h12,14,18,35,39,41,47,49,53-55,57-60,62-63,65-67H,3-11,13,15-17,19-34,36-38,40,42-46,48,50-52H2,1-2H3,(H,61,64)/b14-12-,35-18-,41-39+,49-47+. The second-order valence-corrected chi connectivity index (χ2v) is 20.4. The van der Waals surface area contributed by atoms with Gasteiger partial charge in [-0.1, -0.05) is 249 Å². The number of carbonyl (C=O) groups excluding carboxylic acids is 1. The number of hydrogen-bond donors (Lipinski definition) is 6. The maximum Gasteiger partial charge on any atom is 0.220 e. The van der Waals surface area contributed by atoms with E-state index in [-0.39, 0.29) is 12.5 Å². The molecular weight excluding hydrogens is 863 g/mol. The van der Waals surface area contributed by atoms with E-state index in [2.05, 4.69) is 55.6 Å². The Morgan fingerprint density at radius 3 is 1.33 bits per heavy atom. The van der Waals surface area contributed by atoms with Crippen LogP contribution in [-0.4, -0.2) is 87.5 Å². The second kappa shape index (κ2) is 49.7. The van der Waals surface area contributed by atoms with Crippen LogP contribution in [0.5, 0.6) is 0 Å². The van der Waals surface area contributed by atoms with E-state index in [0.717, 1.165) is 64.2 Å². The average molecular weight is 975 g/mol. The number of rotatable bonds is 50. The van der Waals surface area contributed by atoms with Crippen LogP contribution in [-0.2, 0) is 14.3 Å². The van der Waals surface area contributed by atoms with Gasteiger partial charge in [0.1, 0.15) is 24.4 Å². The number of ether oxygens (including phenoxy) is 2. The first-order chi connectivity index (χ1) is 33.8. The Hall–Kier alpha value is -1.85. The van der Waals surface area contributed by atoms with E-state index in [9.17, 15) is 30.3 Å². The van der Waals surface area contributed by atoms with Crippen molar-refractivity contribution < 1.29 is 39.8 Å². The highest BCUT2D eigenvalue weighted by molar-refractivity contribution is 5.76. The molecule has 6 N–H and O–H groups in total. The third-order valence-corrected chi connectivity index (χ3v) is 13.9. The highest BCUT2D eigenvalue weighted by Gasteiger charge is 2.44. The maximum absolute atomic E-state index is 13.0. The predicted octanol–water partition coefficient (Wildman–Crippen LogP) is 14.5. The summed E-state index contributed by atoms with van der Waals surface area (Å²) in [5.74, 6) is -0.200. The molecule has 0 bridgehead atoms. The molecule has 0 aromatic heterocycles. The van der Waals surface area contributed by atoms with Gasteiger partial charge in [0.15, 0.2) is 6.29 Å². The van der Waals surface area contributed by atoms with Crippen molar-refractivity contribution in [3.8, 4) is 0 Å². The SMILES string of the molecule is CCCCC/C=C\C/C=C\CCCCCCCC(=O)NC(COC1OC(CO)C(O)C(O)C1O)C(O)/C=C/CC/C=C/CCCCCCCCCCCCCCCCCCCCCCCCCCC. The molecule has 1 heterocycles. The number of unbranched alkanes of at least 4 members (excludes halogenated alkanes) is 34. The van der Waals surface area contributed by atoms with Crippen LogP contribution in [0.2, 0.25) is 0 Å². The molecule has 1 saturated heterocycles. The van der Waals surface area contributed by atoms with Gasteiger partial charge in [-0.05, 0) is 64.2 Å². The lowest BCUT2D eigenvalue weighted by Crippen LogP contribution is -2.60. The van der Waals surface area contributed by atoms with Crippen LogP contribution >= 0.6 is 0 Å². The Bertz CT molecular complexity index is 1220. The van der Waals surface area contributed by atoms with Crippen LogP contribution in [0.15, 0.2) is 48.6 Å². The summed E-state index contributed by atoms with van der Waals surface area (Å²) in [5.41, 5.74) is 0. The summed E-state index contributed by atoms with van der Waals surface area (Å²) in [7, 11) is 0. The summed E-state index contributed by atoms with van der Waals surface area (Å²) in [6, 6.07) is -0.830. The van der Waals surface area contributed by atoms with E-state index >= 15 is 0 Å². The molecule has 1 amide bonds. The second-order valence-electron chi connectivity index (χ2n) is 20.4. The van der Waals surface area contributed by atoms with Crippen molar-refractivity contribution in [3.05, 3.63) is 48.6 Å². The molecule has 404 valence electrons. The van der Waals surface area contributed by atoms with Crippen LogP contribution in [0, 0.1) is 0 Å². The van der Waals surface area contributed by atoms with Crippen LogP contribution in [0.25, 0.3) is 0 Å². The number of hydrogen-bond acceptors (Lipinski definition) is 8. The summed E-state index contributed by atoms with van der Waals surface area (Å²) < 4.78 is 11.2. The van der Waals surface area contributed by atoms with Crippen molar-refractivity contribution in [1.29, 1.82) is 0 Å². The molecule has 69 heavy (non-hydrogen) atoms. The first-order valence-electron chi connectivity index (χ1n) is 29.4. The van der Waals surface area contributed by atoms with Gasteiger partial charge in [0.05, 0.1) is 25.4 Å². The molecule has 7 unspecified atom stereocenters. The topological polar surface area (TPSA) is 149 Å². The maximum atomic E-state index is 13.0. The smallest absolute Gasteiger partial charge is 0.220 e. The molecule has 0 saturated carbocycles. The predicted molar refractivity (Wildman–Crippen MR) is 290 cm³/mol. The van der Waals surface area contributed by atoms with Crippen LogP contribution in [0.4, 0.5) is 0 Å². The molecule has 0 aliphatic carbocycles. The number of carbonyl (C=O) groups is 1. The third-order valence-electron chi connectivity index (χ3n) is 13.9. The molecule has 7 atom stereocenters. The van der Waals surface area contributed by atoms with Crippen LogP contribution in [0.3, 0.4) is 0 Å². The Morgan fingerprint density at radius 1 is 0.493 bits per heavy atom. The van der Waals surface area contributed by atoms with E-state index in [0.29, 0.717) is 6.42 Å². The Kier molecular flexibility index (Phi) is 47.0. The van der Waals surface area contributed by atoms with Crippen LogP contribution in [0.1, 0.15) is 271 Å². The van der Waals surface area contributed by atoms with Gasteiger partial charge >= 0.3 is 0 Å². The van der Waals surface area contributed by atoms with Gasteiger partial charge in [0, 0.05) is 6.42 Å². The number of amides is 1. The van der Waals surface area contributed by atoms with E-state index in [1.54, 1.807) is 6.08 Å². The van der Waals surface area contributed by atoms with E-state index in [4.69, 9.17) is 9.47 Å². The Balaban J connectivity index is 2.19. The first-order valence-corrected chi connectivity index (χ1v) is 29.4. The number of aliphatic hydroxyl groups is 5. The molecule has 0 aromatic rings. The van der Waals surface area contributed by atoms with Gasteiger partial charge < -0.3 is 40.3 Å². The van der Waals surface area contributed by atoms with E-state index in [1.165, 1.54) is 186 Å². The molecule has 1 aliphatic heterocycles. The zero-order valence-corrected chi connectivity index (χ0v) is 44.8. The summed E-state index contributed by atoms with van der Waals surface area (Å²) >= 11 is 0. The molecule has 0 spiro atoms. The fourth-order valence-corrected chi connectivity index (χ4v) is 9.20. The summed E-state index contributed by atoms with van der Waals surface area (Å²) in [6.45, 7) is 3.74. The fourth-order valence-electron chi connectivity index (χ4n) is 9.20. The highest BCUT2D eigenvalue weighted by Crippen LogP contribution is 2.23. The lowest BCUT2D eigenvalue weighted by atomic mass is 9.99. The fraction of sp³-hybridized carbons (Fsp3) is 0.850. The number of allylic oxidation sites excluding steroid dienone is 7. The van der Waals surface area contributed by atoms with Crippen LogP contribution < -0.4 is 5.32 Å². The molecule has 0 aromatic carbocycles. The molecule has 1 fully saturated rings. The third kappa shape index (κ3) is 39.4. The van der Waals surface area contributed by atoms with Gasteiger partial charge in [-0.2, -0.15) is 0 Å². The lowest BCUT2D eigenvalue weighted by Gasteiger charge is -2.40. The quantitative estimate of drug-likeness (QED) is 0.0261. The minimum Gasteiger partial charge on any atom is -0.394 e. The molecular formula is C60H111NO8. The van der Waals surface area contributed by atoms with Crippen molar-refractivity contribution in [3.63, 3.8) is 0 Å². The van der Waals surface area contributed by atoms with E-state index in [1.807, 2.05) is 6.08 Å². The summed E-state index contributed by atoms with van der Waals surface area (Å²) in [6.07, 6.45) is 59.1. The normalized spacial score (nSPS) is 19.8. The Labute approximate surface area is 424 Å². The van der Waals surface area contributed by atoms with Gasteiger partial charge in [-0.15, -0.1) is 0 Å². The van der Waals surface area contributed by atoms with Gasteiger partial charge in [0.25, 0.3) is 0 Å².